The average Bonchev–Trinajstić information content (AvgIpc) is 2.97. The second-order valence-electron chi connectivity index (χ2n) is 6.99. The monoisotopic (exact) mass is 343 g/mol. The lowest BCUT2D eigenvalue weighted by Gasteiger charge is -2.31. The molecule has 1 aliphatic heterocycles. The molecule has 0 radical (unpaired) electrons. The molecule has 3 amide bonds. The second-order valence-corrected chi connectivity index (χ2v) is 6.99. The number of hydrogen-bond donors (Lipinski definition) is 2. The first kappa shape index (κ1) is 17.5. The highest BCUT2D eigenvalue weighted by Crippen LogP contribution is 2.29. The molecule has 0 unspecified atom stereocenters. The molecule has 2 aliphatic rings. The summed E-state index contributed by atoms with van der Waals surface area (Å²) < 4.78 is 0. The van der Waals surface area contributed by atoms with Crippen molar-refractivity contribution in [2.45, 2.75) is 51.5 Å². The van der Waals surface area contributed by atoms with Crippen LogP contribution in [0.5, 0.6) is 0 Å². The van der Waals surface area contributed by atoms with Gasteiger partial charge < -0.3 is 15.5 Å². The van der Waals surface area contributed by atoms with E-state index in [0.29, 0.717) is 24.0 Å². The fourth-order valence-electron chi connectivity index (χ4n) is 3.78. The van der Waals surface area contributed by atoms with Crippen molar-refractivity contribution in [1.29, 1.82) is 0 Å². The Bertz CT molecular complexity index is 668. The number of carbonyl (C=O) groups excluding carboxylic acids is 3. The van der Waals surface area contributed by atoms with Crippen molar-refractivity contribution < 1.29 is 14.4 Å². The molecule has 1 aromatic rings. The van der Waals surface area contributed by atoms with E-state index >= 15 is 0 Å². The molecule has 134 valence electrons. The molecule has 3 rings (SSSR count). The normalized spacial score (nSPS) is 21.2. The van der Waals surface area contributed by atoms with Gasteiger partial charge in [0.15, 0.2) is 0 Å². The lowest BCUT2D eigenvalue weighted by atomic mass is 9.94. The zero-order valence-corrected chi connectivity index (χ0v) is 14.6. The molecule has 0 aromatic heterocycles. The molecule has 0 spiro atoms. The van der Waals surface area contributed by atoms with E-state index in [1.54, 1.807) is 24.3 Å². The van der Waals surface area contributed by atoms with E-state index in [1.165, 1.54) is 26.2 Å². The van der Waals surface area contributed by atoms with E-state index in [4.69, 9.17) is 0 Å². The summed E-state index contributed by atoms with van der Waals surface area (Å²) in [7, 11) is 0. The molecule has 6 heteroatoms. The van der Waals surface area contributed by atoms with Crippen LogP contribution in [0.1, 0.15) is 45.4 Å². The van der Waals surface area contributed by atoms with E-state index in [0.717, 1.165) is 12.8 Å². The highest BCUT2D eigenvalue weighted by Gasteiger charge is 2.38. The van der Waals surface area contributed by atoms with Crippen LogP contribution >= 0.6 is 0 Å². The van der Waals surface area contributed by atoms with Gasteiger partial charge in [0.25, 0.3) is 0 Å². The Morgan fingerprint density at radius 2 is 1.76 bits per heavy atom. The summed E-state index contributed by atoms with van der Waals surface area (Å²) in [4.78, 5) is 37.9. The van der Waals surface area contributed by atoms with Gasteiger partial charge in [0.1, 0.15) is 0 Å². The van der Waals surface area contributed by atoms with Gasteiger partial charge in [-0.2, -0.15) is 0 Å². The summed E-state index contributed by atoms with van der Waals surface area (Å²) in [6.45, 7) is 1.95. The Morgan fingerprint density at radius 3 is 2.44 bits per heavy atom. The number of nitrogens with one attached hydrogen (secondary N) is 2. The van der Waals surface area contributed by atoms with E-state index in [1.807, 2.05) is 4.90 Å². The first-order valence-corrected chi connectivity index (χ1v) is 9.01. The molecule has 2 fully saturated rings. The molecule has 1 heterocycles. The fourth-order valence-corrected chi connectivity index (χ4v) is 3.78. The number of nitrogens with zero attached hydrogens (tertiary/aromatic N) is 1. The Hall–Kier alpha value is -2.37. The lowest BCUT2D eigenvalue weighted by Crippen LogP contribution is -2.38. The summed E-state index contributed by atoms with van der Waals surface area (Å²) in [6.07, 6.45) is 5.97. The van der Waals surface area contributed by atoms with Crippen LogP contribution in [0.3, 0.4) is 0 Å². The Balaban J connectivity index is 1.60. The second kappa shape index (κ2) is 7.68. The third kappa shape index (κ3) is 4.38. The van der Waals surface area contributed by atoms with Crippen LogP contribution in [0.4, 0.5) is 11.4 Å². The van der Waals surface area contributed by atoms with Crippen LogP contribution in [0.25, 0.3) is 0 Å². The standard InChI is InChI=1S/C19H25N3O3/c1-13(23)20-15-6-5-7-16(11-15)21-19(25)14-10-18(24)22(12-14)17-8-3-2-4-9-17/h5-7,11,14,17H,2-4,8-10,12H2,1H3,(H,20,23)(H,21,25)/t14-/m0/s1. The van der Waals surface area contributed by atoms with E-state index in [-0.39, 0.29) is 30.1 Å². The molecule has 0 bridgehead atoms. The van der Waals surface area contributed by atoms with Gasteiger partial charge in [-0.25, -0.2) is 0 Å². The number of anilines is 2. The summed E-state index contributed by atoms with van der Waals surface area (Å²) in [5, 5.41) is 5.56. The average molecular weight is 343 g/mol. The van der Waals surface area contributed by atoms with Crippen LogP contribution in [-0.4, -0.2) is 35.2 Å². The number of benzene rings is 1. The highest BCUT2D eigenvalue weighted by atomic mass is 16.2. The number of rotatable bonds is 4. The van der Waals surface area contributed by atoms with Gasteiger partial charge in [-0.15, -0.1) is 0 Å². The quantitative estimate of drug-likeness (QED) is 0.882. The molecule has 1 aliphatic carbocycles. The van der Waals surface area contributed by atoms with E-state index < -0.39 is 0 Å². The molecule has 2 N–H and O–H groups in total. The summed E-state index contributed by atoms with van der Waals surface area (Å²) in [5.74, 6) is -0.502. The maximum Gasteiger partial charge on any atom is 0.229 e. The minimum Gasteiger partial charge on any atom is -0.339 e. The fraction of sp³-hybridized carbons (Fsp3) is 0.526. The largest absolute Gasteiger partial charge is 0.339 e. The molecule has 1 saturated carbocycles. The van der Waals surface area contributed by atoms with Crippen molar-refractivity contribution in [3.05, 3.63) is 24.3 Å². The van der Waals surface area contributed by atoms with Crippen molar-refractivity contribution >= 4 is 29.1 Å². The molecule has 6 nitrogen and oxygen atoms in total. The Labute approximate surface area is 148 Å². The van der Waals surface area contributed by atoms with Crippen molar-refractivity contribution in [3.63, 3.8) is 0 Å². The third-order valence-corrected chi connectivity index (χ3v) is 5.00. The SMILES string of the molecule is CC(=O)Nc1cccc(NC(=O)[C@H]2CC(=O)N(C3CCCCC3)C2)c1. The van der Waals surface area contributed by atoms with Crippen LogP contribution < -0.4 is 10.6 Å². The number of carbonyl (C=O) groups is 3. The van der Waals surface area contributed by atoms with Gasteiger partial charge in [-0.1, -0.05) is 25.3 Å². The minimum absolute atomic E-state index is 0.0963. The molecular weight excluding hydrogens is 318 g/mol. The van der Waals surface area contributed by atoms with Crippen molar-refractivity contribution in [2.24, 2.45) is 5.92 Å². The topological polar surface area (TPSA) is 78.5 Å². The Kier molecular flexibility index (Phi) is 5.36. The van der Waals surface area contributed by atoms with Gasteiger partial charge in [0, 0.05) is 37.3 Å². The van der Waals surface area contributed by atoms with Gasteiger partial charge in [-0.3, -0.25) is 14.4 Å². The zero-order chi connectivity index (χ0) is 17.8. The zero-order valence-electron chi connectivity index (χ0n) is 14.6. The van der Waals surface area contributed by atoms with Crippen molar-refractivity contribution in [1.82, 2.24) is 4.90 Å². The van der Waals surface area contributed by atoms with E-state index in [9.17, 15) is 14.4 Å². The first-order chi connectivity index (χ1) is 12.0. The maximum atomic E-state index is 12.5. The summed E-state index contributed by atoms with van der Waals surface area (Å²) >= 11 is 0. The molecule has 1 aromatic carbocycles. The van der Waals surface area contributed by atoms with Crippen LogP contribution in [0, 0.1) is 5.92 Å². The Morgan fingerprint density at radius 1 is 1.08 bits per heavy atom. The van der Waals surface area contributed by atoms with Crippen LogP contribution in [0.2, 0.25) is 0 Å². The predicted molar refractivity (Wildman–Crippen MR) is 96.1 cm³/mol. The summed E-state index contributed by atoms with van der Waals surface area (Å²) in [6, 6.07) is 7.34. The third-order valence-electron chi connectivity index (χ3n) is 5.00. The number of likely N-dealkylation sites (tertiary alicyclic amines) is 1. The molecule has 1 saturated heterocycles. The van der Waals surface area contributed by atoms with Crippen LogP contribution in [0.15, 0.2) is 24.3 Å². The van der Waals surface area contributed by atoms with Crippen molar-refractivity contribution in [3.8, 4) is 0 Å². The first-order valence-electron chi connectivity index (χ1n) is 9.01. The van der Waals surface area contributed by atoms with Crippen LogP contribution in [-0.2, 0) is 14.4 Å². The smallest absolute Gasteiger partial charge is 0.229 e. The highest BCUT2D eigenvalue weighted by molar-refractivity contribution is 5.98. The number of hydrogen-bond acceptors (Lipinski definition) is 3. The van der Waals surface area contributed by atoms with Gasteiger partial charge in [0.2, 0.25) is 17.7 Å². The molecule has 25 heavy (non-hydrogen) atoms. The lowest BCUT2D eigenvalue weighted by molar-refractivity contribution is -0.130. The van der Waals surface area contributed by atoms with Gasteiger partial charge >= 0.3 is 0 Å². The van der Waals surface area contributed by atoms with Gasteiger partial charge in [-0.05, 0) is 31.0 Å². The molecular formula is C19H25N3O3. The van der Waals surface area contributed by atoms with Crippen molar-refractivity contribution in [2.75, 3.05) is 17.2 Å². The summed E-state index contributed by atoms with van der Waals surface area (Å²) in [5.41, 5.74) is 1.26. The molecule has 1 atom stereocenters. The minimum atomic E-state index is -0.307. The van der Waals surface area contributed by atoms with E-state index in [2.05, 4.69) is 10.6 Å². The maximum absolute atomic E-state index is 12.5. The number of amides is 3. The van der Waals surface area contributed by atoms with Gasteiger partial charge in [0.05, 0.1) is 5.92 Å². The predicted octanol–water partition coefficient (Wildman–Crippen LogP) is 2.76.